The van der Waals surface area contributed by atoms with Crippen LogP contribution in [0.4, 0.5) is 10.1 Å². The van der Waals surface area contributed by atoms with Crippen molar-refractivity contribution in [3.8, 4) is 5.82 Å². The number of hydrogen-bond acceptors (Lipinski definition) is 3. The minimum atomic E-state index is -0.208. The van der Waals surface area contributed by atoms with E-state index in [9.17, 15) is 4.39 Å². The Hall–Kier alpha value is -2.69. The molecule has 0 aliphatic heterocycles. The molecule has 1 unspecified atom stereocenters. The van der Waals surface area contributed by atoms with Gasteiger partial charge in [0.2, 0.25) is 0 Å². The molecule has 2 heterocycles. The highest BCUT2D eigenvalue weighted by atomic mass is 19.1. The van der Waals surface area contributed by atoms with Crippen LogP contribution in [-0.4, -0.2) is 14.5 Å². The lowest BCUT2D eigenvalue weighted by Gasteiger charge is -2.16. The van der Waals surface area contributed by atoms with Crippen molar-refractivity contribution < 1.29 is 4.39 Å². The Bertz CT molecular complexity index is 707. The topological polar surface area (TPSA) is 42.7 Å². The van der Waals surface area contributed by atoms with Crippen molar-refractivity contribution in [2.24, 2.45) is 0 Å². The molecule has 3 aromatic rings. The monoisotopic (exact) mass is 282 g/mol. The van der Waals surface area contributed by atoms with Crippen LogP contribution in [0.15, 0.2) is 61.3 Å². The van der Waals surface area contributed by atoms with Gasteiger partial charge < -0.3 is 5.32 Å². The van der Waals surface area contributed by atoms with Gasteiger partial charge in [0.15, 0.2) is 0 Å². The number of benzene rings is 1. The fraction of sp³-hybridized carbons (Fsp3) is 0.125. The molecule has 1 aromatic carbocycles. The lowest BCUT2D eigenvalue weighted by molar-refractivity contribution is 0.600. The molecule has 1 N–H and O–H groups in total. The predicted octanol–water partition coefficient (Wildman–Crippen LogP) is 3.58. The van der Waals surface area contributed by atoms with Crippen molar-refractivity contribution in [1.82, 2.24) is 14.5 Å². The Morgan fingerprint density at radius 2 is 2.05 bits per heavy atom. The summed E-state index contributed by atoms with van der Waals surface area (Å²) in [6.07, 6.45) is 6.95. The van der Waals surface area contributed by atoms with Gasteiger partial charge in [-0.2, -0.15) is 0 Å². The molecule has 0 aliphatic rings. The van der Waals surface area contributed by atoms with E-state index in [1.54, 1.807) is 30.9 Å². The van der Waals surface area contributed by atoms with E-state index in [2.05, 4.69) is 15.3 Å². The summed E-state index contributed by atoms with van der Waals surface area (Å²) < 4.78 is 15.6. The molecule has 1 atom stereocenters. The second kappa shape index (κ2) is 5.75. The van der Waals surface area contributed by atoms with E-state index >= 15 is 0 Å². The third-order valence-electron chi connectivity index (χ3n) is 3.27. The van der Waals surface area contributed by atoms with Crippen molar-refractivity contribution in [2.45, 2.75) is 13.0 Å². The van der Waals surface area contributed by atoms with Crippen LogP contribution in [0.25, 0.3) is 5.82 Å². The normalized spacial score (nSPS) is 12.1. The third-order valence-corrected chi connectivity index (χ3v) is 3.27. The highest BCUT2D eigenvalue weighted by Crippen LogP contribution is 2.21. The number of nitrogens with zero attached hydrogens (tertiary/aromatic N) is 3. The molecule has 0 fully saturated rings. The maximum Gasteiger partial charge on any atom is 0.137 e. The van der Waals surface area contributed by atoms with Crippen LogP contribution in [0.2, 0.25) is 0 Å². The van der Waals surface area contributed by atoms with Gasteiger partial charge in [0.05, 0.1) is 17.9 Å². The largest absolute Gasteiger partial charge is 0.377 e. The van der Waals surface area contributed by atoms with Crippen molar-refractivity contribution in [1.29, 1.82) is 0 Å². The first kappa shape index (κ1) is 13.3. The van der Waals surface area contributed by atoms with Crippen molar-refractivity contribution >= 4 is 5.69 Å². The first-order valence-corrected chi connectivity index (χ1v) is 6.69. The molecule has 0 bridgehead atoms. The van der Waals surface area contributed by atoms with Crippen LogP contribution >= 0.6 is 0 Å². The van der Waals surface area contributed by atoms with Gasteiger partial charge in [-0.25, -0.2) is 14.4 Å². The SMILES string of the molecule is CC(Nc1ccc(-n2ccnc2)nc1)c1ccccc1F. The van der Waals surface area contributed by atoms with E-state index in [1.807, 2.05) is 35.9 Å². The highest BCUT2D eigenvalue weighted by Gasteiger charge is 2.10. The molecular formula is C16H15FN4. The molecule has 0 amide bonds. The molecule has 0 saturated heterocycles. The van der Waals surface area contributed by atoms with E-state index in [1.165, 1.54) is 6.07 Å². The number of rotatable bonds is 4. The molecule has 0 aliphatic carbocycles. The number of halogens is 1. The molecule has 0 spiro atoms. The van der Waals surface area contributed by atoms with Gasteiger partial charge in [0, 0.05) is 18.0 Å². The maximum atomic E-state index is 13.7. The van der Waals surface area contributed by atoms with Gasteiger partial charge in [0.1, 0.15) is 18.0 Å². The van der Waals surface area contributed by atoms with Gasteiger partial charge in [-0.1, -0.05) is 18.2 Å². The summed E-state index contributed by atoms with van der Waals surface area (Å²) in [7, 11) is 0. The molecule has 5 heteroatoms. The average Bonchev–Trinajstić information content (AvgIpc) is 3.02. The van der Waals surface area contributed by atoms with Crippen molar-refractivity contribution in [3.63, 3.8) is 0 Å². The second-order valence-corrected chi connectivity index (χ2v) is 4.76. The molecule has 3 rings (SSSR count). The predicted molar refractivity (Wildman–Crippen MR) is 79.8 cm³/mol. The Kier molecular flexibility index (Phi) is 3.64. The quantitative estimate of drug-likeness (QED) is 0.795. The molecule has 4 nitrogen and oxygen atoms in total. The van der Waals surface area contributed by atoms with Crippen LogP contribution in [0.3, 0.4) is 0 Å². The van der Waals surface area contributed by atoms with Crippen LogP contribution in [0.1, 0.15) is 18.5 Å². The van der Waals surface area contributed by atoms with Gasteiger partial charge in [0.25, 0.3) is 0 Å². The standard InChI is InChI=1S/C16H15FN4/c1-12(14-4-2-3-5-15(14)17)20-13-6-7-16(19-10-13)21-9-8-18-11-21/h2-12,20H,1H3. The number of pyridine rings is 1. The second-order valence-electron chi connectivity index (χ2n) is 4.76. The number of anilines is 1. The number of aromatic nitrogens is 3. The zero-order chi connectivity index (χ0) is 14.7. The Labute approximate surface area is 122 Å². The number of nitrogens with one attached hydrogen (secondary N) is 1. The minimum Gasteiger partial charge on any atom is -0.377 e. The Balaban J connectivity index is 1.75. The van der Waals surface area contributed by atoms with Crippen LogP contribution in [-0.2, 0) is 0 Å². The van der Waals surface area contributed by atoms with E-state index in [0.717, 1.165) is 11.5 Å². The third kappa shape index (κ3) is 2.91. The molecular weight excluding hydrogens is 267 g/mol. The first-order chi connectivity index (χ1) is 10.2. The van der Waals surface area contributed by atoms with E-state index in [-0.39, 0.29) is 11.9 Å². The molecule has 2 aromatic heterocycles. The summed E-state index contributed by atoms with van der Waals surface area (Å²) in [4.78, 5) is 8.34. The zero-order valence-corrected chi connectivity index (χ0v) is 11.6. The van der Waals surface area contributed by atoms with Gasteiger partial charge in [-0.15, -0.1) is 0 Å². The number of imidazole rings is 1. The molecule has 21 heavy (non-hydrogen) atoms. The molecule has 0 radical (unpaired) electrons. The molecule has 0 saturated carbocycles. The summed E-state index contributed by atoms with van der Waals surface area (Å²) >= 11 is 0. The van der Waals surface area contributed by atoms with E-state index < -0.39 is 0 Å². The summed E-state index contributed by atoms with van der Waals surface area (Å²) in [5.74, 6) is 0.581. The Morgan fingerprint density at radius 3 is 2.71 bits per heavy atom. The summed E-state index contributed by atoms with van der Waals surface area (Å²) in [6.45, 7) is 1.92. The van der Waals surface area contributed by atoms with Gasteiger partial charge >= 0.3 is 0 Å². The van der Waals surface area contributed by atoms with E-state index in [4.69, 9.17) is 0 Å². The zero-order valence-electron chi connectivity index (χ0n) is 11.6. The van der Waals surface area contributed by atoms with Gasteiger partial charge in [-0.3, -0.25) is 4.57 Å². The summed E-state index contributed by atoms with van der Waals surface area (Å²) in [5.41, 5.74) is 1.48. The Morgan fingerprint density at radius 1 is 1.19 bits per heavy atom. The first-order valence-electron chi connectivity index (χ1n) is 6.69. The number of hydrogen-bond donors (Lipinski definition) is 1. The molecule has 106 valence electrons. The van der Waals surface area contributed by atoms with Crippen LogP contribution in [0.5, 0.6) is 0 Å². The van der Waals surface area contributed by atoms with Crippen molar-refractivity contribution in [3.05, 3.63) is 72.7 Å². The highest BCUT2D eigenvalue weighted by molar-refractivity contribution is 5.45. The fourth-order valence-electron chi connectivity index (χ4n) is 2.17. The maximum absolute atomic E-state index is 13.7. The summed E-state index contributed by atoms with van der Waals surface area (Å²) in [5, 5.41) is 3.24. The van der Waals surface area contributed by atoms with Gasteiger partial charge in [-0.05, 0) is 25.1 Å². The fourth-order valence-corrected chi connectivity index (χ4v) is 2.17. The average molecular weight is 282 g/mol. The van der Waals surface area contributed by atoms with Crippen LogP contribution < -0.4 is 5.32 Å². The lowest BCUT2D eigenvalue weighted by atomic mass is 10.1. The van der Waals surface area contributed by atoms with Crippen molar-refractivity contribution in [2.75, 3.05) is 5.32 Å². The van der Waals surface area contributed by atoms with E-state index in [0.29, 0.717) is 5.56 Å². The van der Waals surface area contributed by atoms with Crippen LogP contribution in [0, 0.1) is 5.82 Å². The summed E-state index contributed by atoms with van der Waals surface area (Å²) in [6, 6.07) is 10.4. The smallest absolute Gasteiger partial charge is 0.137 e. The minimum absolute atomic E-state index is 0.132. The lowest BCUT2D eigenvalue weighted by Crippen LogP contribution is -2.09.